The zero-order valence-electron chi connectivity index (χ0n) is 17.4. The van der Waals surface area contributed by atoms with Gasteiger partial charge in [0.2, 0.25) is 0 Å². The van der Waals surface area contributed by atoms with E-state index < -0.39 is 53.5 Å². The highest BCUT2D eigenvalue weighted by molar-refractivity contribution is 4.95. The molecule has 4 rings (SSSR count). The van der Waals surface area contributed by atoms with E-state index in [2.05, 4.69) is 0 Å². The lowest BCUT2D eigenvalue weighted by molar-refractivity contribution is 0.0431. The number of rotatable bonds is 3. The molecule has 0 saturated heterocycles. The molecular formula is C21H33N3O6. The molecule has 1 aromatic rings. The third-order valence-electron chi connectivity index (χ3n) is 7.31. The summed E-state index contributed by atoms with van der Waals surface area (Å²) in [5.41, 5.74) is -2.24. The maximum atomic E-state index is 13.4. The highest BCUT2D eigenvalue weighted by Crippen LogP contribution is 2.30. The van der Waals surface area contributed by atoms with Crippen LogP contribution in [-0.2, 0) is 0 Å². The molecule has 6 unspecified atom stereocenters. The first-order valence-electron chi connectivity index (χ1n) is 11.5. The summed E-state index contributed by atoms with van der Waals surface area (Å²) >= 11 is 0. The van der Waals surface area contributed by atoms with Gasteiger partial charge >= 0.3 is 17.1 Å². The number of aromatic nitrogens is 3. The molecular weight excluding hydrogens is 390 g/mol. The van der Waals surface area contributed by atoms with Gasteiger partial charge in [-0.05, 0) is 38.5 Å². The number of nitrogens with zero attached hydrogens (tertiary/aromatic N) is 3. The Hall–Kier alpha value is -1.71. The van der Waals surface area contributed by atoms with Gasteiger partial charge in [-0.15, -0.1) is 0 Å². The molecule has 0 bridgehead atoms. The van der Waals surface area contributed by atoms with Crippen LogP contribution in [0.4, 0.5) is 0 Å². The van der Waals surface area contributed by atoms with Gasteiger partial charge in [-0.1, -0.05) is 38.5 Å². The van der Waals surface area contributed by atoms with E-state index in [1.54, 1.807) is 0 Å². The second-order valence-electron chi connectivity index (χ2n) is 9.22. The second kappa shape index (κ2) is 8.80. The Morgan fingerprint density at radius 1 is 0.467 bits per heavy atom. The van der Waals surface area contributed by atoms with E-state index in [4.69, 9.17) is 0 Å². The van der Waals surface area contributed by atoms with Crippen LogP contribution >= 0.6 is 0 Å². The maximum absolute atomic E-state index is 13.4. The normalized spacial score (nSPS) is 35.3. The predicted octanol–water partition coefficient (Wildman–Crippen LogP) is 0.600. The molecule has 1 aromatic heterocycles. The van der Waals surface area contributed by atoms with E-state index in [-0.39, 0.29) is 0 Å². The van der Waals surface area contributed by atoms with Crippen molar-refractivity contribution >= 4 is 0 Å². The van der Waals surface area contributed by atoms with Crippen molar-refractivity contribution in [2.24, 2.45) is 0 Å². The van der Waals surface area contributed by atoms with Gasteiger partial charge in [0, 0.05) is 0 Å². The van der Waals surface area contributed by atoms with Gasteiger partial charge in [0.15, 0.2) is 0 Å². The van der Waals surface area contributed by atoms with Crippen LogP contribution in [0.5, 0.6) is 0 Å². The lowest BCUT2D eigenvalue weighted by Crippen LogP contribution is -2.60. The molecule has 0 spiro atoms. The Labute approximate surface area is 174 Å². The van der Waals surface area contributed by atoms with Gasteiger partial charge in [0.25, 0.3) is 0 Å². The first kappa shape index (κ1) is 21.5. The lowest BCUT2D eigenvalue weighted by Gasteiger charge is -2.35. The molecule has 30 heavy (non-hydrogen) atoms. The molecule has 0 aromatic carbocycles. The third kappa shape index (κ3) is 3.71. The first-order valence-corrected chi connectivity index (χ1v) is 11.5. The molecule has 3 fully saturated rings. The van der Waals surface area contributed by atoms with Gasteiger partial charge in [-0.3, -0.25) is 0 Å². The zero-order valence-corrected chi connectivity index (χ0v) is 17.4. The summed E-state index contributed by atoms with van der Waals surface area (Å²) in [5.74, 6) is 0. The van der Waals surface area contributed by atoms with Crippen LogP contribution in [0.2, 0.25) is 0 Å². The van der Waals surface area contributed by atoms with Gasteiger partial charge in [0.05, 0.1) is 36.4 Å². The smallest absolute Gasteiger partial charge is 0.337 e. The summed E-state index contributed by atoms with van der Waals surface area (Å²) in [5, 5.41) is 31.7. The highest BCUT2D eigenvalue weighted by Gasteiger charge is 2.36. The number of aliphatic hydroxyl groups excluding tert-OH is 3. The number of hydrogen-bond donors (Lipinski definition) is 3. The van der Waals surface area contributed by atoms with E-state index in [1.807, 2.05) is 0 Å². The summed E-state index contributed by atoms with van der Waals surface area (Å²) < 4.78 is 3.11. The molecule has 6 atom stereocenters. The lowest BCUT2D eigenvalue weighted by atomic mass is 9.91. The highest BCUT2D eigenvalue weighted by atomic mass is 16.3. The monoisotopic (exact) mass is 423 g/mol. The van der Waals surface area contributed by atoms with Crippen molar-refractivity contribution in [1.82, 2.24) is 13.7 Å². The van der Waals surface area contributed by atoms with Crippen LogP contribution in [0, 0.1) is 0 Å². The maximum Gasteiger partial charge on any atom is 0.337 e. The molecule has 168 valence electrons. The van der Waals surface area contributed by atoms with Crippen LogP contribution in [-0.4, -0.2) is 47.3 Å². The predicted molar refractivity (Wildman–Crippen MR) is 110 cm³/mol. The fourth-order valence-corrected chi connectivity index (χ4v) is 5.62. The molecule has 3 aliphatic carbocycles. The SMILES string of the molecule is O=c1n(C2CCCCC2O)c(=O)n(C2CCCCC2O)c(=O)n1C1CCCCC1O. The van der Waals surface area contributed by atoms with Gasteiger partial charge in [0.1, 0.15) is 0 Å². The third-order valence-corrected chi connectivity index (χ3v) is 7.31. The molecule has 0 amide bonds. The molecule has 0 aliphatic heterocycles. The van der Waals surface area contributed by atoms with Gasteiger partial charge in [-0.2, -0.15) is 0 Å². The topological polar surface area (TPSA) is 127 Å². The van der Waals surface area contributed by atoms with E-state index >= 15 is 0 Å². The first-order chi connectivity index (χ1) is 14.4. The minimum atomic E-state index is -0.837. The average molecular weight is 424 g/mol. The van der Waals surface area contributed by atoms with Crippen molar-refractivity contribution in [1.29, 1.82) is 0 Å². The van der Waals surface area contributed by atoms with Gasteiger partial charge in [-0.25, -0.2) is 28.1 Å². The van der Waals surface area contributed by atoms with Crippen LogP contribution in [0.25, 0.3) is 0 Å². The number of aliphatic hydroxyl groups is 3. The summed E-state index contributed by atoms with van der Waals surface area (Å²) in [6.07, 6.45) is 5.23. The fourth-order valence-electron chi connectivity index (χ4n) is 5.62. The second-order valence-corrected chi connectivity index (χ2v) is 9.22. The number of hydrogen-bond acceptors (Lipinski definition) is 6. The van der Waals surface area contributed by atoms with Crippen molar-refractivity contribution in [3.05, 3.63) is 31.5 Å². The Morgan fingerprint density at radius 3 is 0.933 bits per heavy atom. The van der Waals surface area contributed by atoms with Crippen molar-refractivity contribution in [2.75, 3.05) is 0 Å². The fraction of sp³-hybridized carbons (Fsp3) is 0.857. The van der Waals surface area contributed by atoms with Crippen LogP contribution < -0.4 is 17.1 Å². The van der Waals surface area contributed by atoms with Crippen molar-refractivity contribution in [3.63, 3.8) is 0 Å². The zero-order chi connectivity index (χ0) is 21.4. The molecule has 9 heteroatoms. The Bertz CT molecular complexity index is 785. The minimum absolute atomic E-state index is 0.481. The quantitative estimate of drug-likeness (QED) is 0.653. The van der Waals surface area contributed by atoms with Crippen molar-refractivity contribution in [3.8, 4) is 0 Å². The summed E-state index contributed by atoms with van der Waals surface area (Å²) in [7, 11) is 0. The standard InChI is InChI=1S/C21H33N3O6/c25-16-10-4-1-7-13(16)22-19(28)23(14-8-2-5-11-17(14)26)21(30)24(20(22)29)15-9-3-6-12-18(15)27/h13-18,25-27H,1-12H2. The molecule has 3 saturated carbocycles. The Kier molecular flexibility index (Phi) is 6.31. The van der Waals surface area contributed by atoms with Crippen molar-refractivity contribution in [2.45, 2.75) is 113 Å². The minimum Gasteiger partial charge on any atom is -0.391 e. The van der Waals surface area contributed by atoms with Crippen LogP contribution in [0.1, 0.15) is 95.2 Å². The van der Waals surface area contributed by atoms with Crippen LogP contribution in [0.15, 0.2) is 14.4 Å². The summed E-state index contributed by atoms with van der Waals surface area (Å²) in [4.78, 5) is 40.3. The molecule has 9 nitrogen and oxygen atoms in total. The van der Waals surface area contributed by atoms with Crippen molar-refractivity contribution < 1.29 is 15.3 Å². The Balaban J connectivity index is 1.94. The van der Waals surface area contributed by atoms with Gasteiger partial charge < -0.3 is 15.3 Å². The largest absolute Gasteiger partial charge is 0.391 e. The van der Waals surface area contributed by atoms with Crippen LogP contribution in [0.3, 0.4) is 0 Å². The van der Waals surface area contributed by atoms with E-state index in [0.717, 1.165) is 52.2 Å². The molecule has 3 aliphatic rings. The summed E-state index contributed by atoms with van der Waals surface area (Å²) in [6, 6.07) is -2.09. The van der Waals surface area contributed by atoms with E-state index in [9.17, 15) is 29.7 Å². The molecule has 3 N–H and O–H groups in total. The summed E-state index contributed by atoms with van der Waals surface area (Å²) in [6.45, 7) is 0. The Morgan fingerprint density at radius 2 is 0.700 bits per heavy atom. The molecule has 0 radical (unpaired) electrons. The van der Waals surface area contributed by atoms with E-state index in [1.165, 1.54) is 0 Å². The average Bonchev–Trinajstić information content (AvgIpc) is 2.72. The van der Waals surface area contributed by atoms with E-state index in [0.29, 0.717) is 38.5 Å². The molecule has 1 heterocycles.